The molecular weight excluding hydrogens is 399 g/mol. The summed E-state index contributed by atoms with van der Waals surface area (Å²) in [5, 5.41) is 12.3. The Kier molecular flexibility index (Phi) is 11.9. The summed E-state index contributed by atoms with van der Waals surface area (Å²) in [7, 11) is -4.33. The Morgan fingerprint density at radius 2 is 1.55 bits per heavy atom. The molecule has 0 spiro atoms. The molecule has 0 fully saturated rings. The normalized spacial score (nSPS) is 11.1. The zero-order valence-corrected chi connectivity index (χ0v) is 20.2. The first-order valence-electron chi connectivity index (χ1n) is 9.96. The zero-order chi connectivity index (χ0) is 20.4. The van der Waals surface area contributed by atoms with E-state index in [-0.39, 0.29) is 51.7 Å². The molecule has 0 aliphatic carbocycles. The third kappa shape index (κ3) is 9.09. The van der Waals surface area contributed by atoms with E-state index in [9.17, 15) is 18.1 Å². The van der Waals surface area contributed by atoms with Gasteiger partial charge in [0.05, 0.1) is 4.90 Å². The number of hydrogen-bond acceptors (Lipinski definition) is 4. The number of aryl methyl sites for hydroxylation is 1. The third-order valence-corrected chi connectivity index (χ3v) is 5.53. The van der Waals surface area contributed by atoms with Crippen LogP contribution < -0.4 is 39.4 Å². The number of hydrogen-bond donors (Lipinski definition) is 1. The van der Waals surface area contributed by atoms with E-state index >= 15 is 0 Å². The molecule has 0 saturated carbocycles. The maximum absolute atomic E-state index is 12.3. The summed E-state index contributed by atoms with van der Waals surface area (Å²) < 4.78 is 37.5. The van der Waals surface area contributed by atoms with Gasteiger partial charge in [0.25, 0.3) is 10.1 Å². The van der Waals surface area contributed by atoms with Crippen LogP contribution in [0.1, 0.15) is 63.9 Å². The van der Waals surface area contributed by atoms with Gasteiger partial charge in [0, 0.05) is 6.07 Å². The molecule has 2 rings (SSSR count). The molecule has 154 valence electrons. The van der Waals surface area contributed by atoms with Crippen molar-refractivity contribution < 1.29 is 52.4 Å². The Morgan fingerprint density at radius 3 is 2.21 bits per heavy atom. The van der Waals surface area contributed by atoms with Crippen LogP contribution in [0.5, 0.6) is 17.2 Å². The van der Waals surface area contributed by atoms with Crippen LogP contribution in [0.2, 0.25) is 0 Å². The quantitative estimate of drug-likeness (QED) is 0.319. The average Bonchev–Trinajstić information content (AvgIpc) is 2.66. The first-order valence-corrected chi connectivity index (χ1v) is 11.4. The average molecular weight is 429 g/mol. The van der Waals surface area contributed by atoms with Gasteiger partial charge in [-0.1, -0.05) is 81.9 Å². The molecule has 0 radical (unpaired) electrons. The molecule has 0 aliphatic rings. The van der Waals surface area contributed by atoms with Crippen LogP contribution in [0.4, 0.5) is 0 Å². The third-order valence-electron chi connectivity index (χ3n) is 4.68. The van der Waals surface area contributed by atoms with Gasteiger partial charge in [0.2, 0.25) is 0 Å². The van der Waals surface area contributed by atoms with E-state index in [0.717, 1.165) is 24.8 Å². The number of ether oxygens (including phenoxy) is 1. The minimum atomic E-state index is -4.33. The van der Waals surface area contributed by atoms with Crippen LogP contribution in [0.15, 0.2) is 47.4 Å². The molecule has 0 unspecified atom stereocenters. The summed E-state index contributed by atoms with van der Waals surface area (Å²) in [6, 6.07) is 10.5. The van der Waals surface area contributed by atoms with Gasteiger partial charge in [0.15, 0.2) is 0 Å². The number of para-hydroxylation sites is 1. The summed E-state index contributed by atoms with van der Waals surface area (Å²) in [5.41, 5.74) is 0.816. The van der Waals surface area contributed by atoms with Crippen molar-refractivity contribution >= 4 is 10.1 Å². The fourth-order valence-electron chi connectivity index (χ4n) is 3.14. The molecule has 0 saturated heterocycles. The van der Waals surface area contributed by atoms with Crippen molar-refractivity contribution in [3.05, 3.63) is 48.0 Å². The zero-order valence-electron chi connectivity index (χ0n) is 17.4. The molecule has 0 heterocycles. The van der Waals surface area contributed by atoms with E-state index in [1.807, 2.05) is 6.07 Å². The topological polar surface area (TPSA) is 86.7 Å². The van der Waals surface area contributed by atoms with Crippen molar-refractivity contribution in [1.82, 2.24) is 0 Å². The summed E-state index contributed by atoms with van der Waals surface area (Å²) >= 11 is 0. The fraction of sp³-hybridized carbons (Fsp3) is 0.455. The van der Waals surface area contributed by atoms with Crippen LogP contribution in [0.3, 0.4) is 0 Å². The second-order valence-corrected chi connectivity index (χ2v) is 8.44. The SMILES string of the molecule is CCCCCCCCCCc1cccc([O-])c1Oc1cccc(S(=O)(=O)O)c1.[Na+]. The summed E-state index contributed by atoms with van der Waals surface area (Å²) in [6.07, 6.45) is 10.4. The Balaban J connectivity index is 0.00000420. The van der Waals surface area contributed by atoms with Crippen LogP contribution in [-0.4, -0.2) is 13.0 Å². The molecule has 1 N–H and O–H groups in total. The molecule has 0 atom stereocenters. The molecule has 7 heteroatoms. The smallest absolute Gasteiger partial charge is 0.870 e. The van der Waals surface area contributed by atoms with E-state index in [0.29, 0.717) is 0 Å². The molecular formula is C22H29NaO5S. The Hall–Kier alpha value is -1.05. The minimum Gasteiger partial charge on any atom is -0.870 e. The van der Waals surface area contributed by atoms with Crippen LogP contribution >= 0.6 is 0 Å². The number of rotatable bonds is 12. The molecule has 0 amide bonds. The van der Waals surface area contributed by atoms with E-state index in [1.165, 1.54) is 62.8 Å². The Bertz CT molecular complexity index is 852. The molecule has 29 heavy (non-hydrogen) atoms. The van der Waals surface area contributed by atoms with Gasteiger partial charge >= 0.3 is 29.6 Å². The number of benzene rings is 2. The van der Waals surface area contributed by atoms with E-state index in [1.54, 1.807) is 12.1 Å². The largest absolute Gasteiger partial charge is 1.00 e. The van der Waals surface area contributed by atoms with Crippen LogP contribution in [-0.2, 0) is 16.5 Å². The van der Waals surface area contributed by atoms with Crippen molar-refractivity contribution in [1.29, 1.82) is 0 Å². The van der Waals surface area contributed by atoms with Gasteiger partial charge in [-0.05, 0) is 30.5 Å². The van der Waals surface area contributed by atoms with E-state index < -0.39 is 10.1 Å². The predicted octanol–water partition coefficient (Wildman–Crippen LogP) is 2.49. The monoisotopic (exact) mass is 428 g/mol. The maximum atomic E-state index is 12.3. The van der Waals surface area contributed by atoms with Crippen LogP contribution in [0, 0.1) is 0 Å². The summed E-state index contributed by atoms with van der Waals surface area (Å²) in [6.45, 7) is 2.21. The van der Waals surface area contributed by atoms with E-state index in [2.05, 4.69) is 6.92 Å². The van der Waals surface area contributed by atoms with Gasteiger partial charge in [0.1, 0.15) is 11.5 Å². The van der Waals surface area contributed by atoms with Gasteiger partial charge in [-0.3, -0.25) is 4.55 Å². The second-order valence-electron chi connectivity index (χ2n) is 7.02. The first kappa shape index (κ1) is 26.0. The van der Waals surface area contributed by atoms with Crippen molar-refractivity contribution in [3.63, 3.8) is 0 Å². The van der Waals surface area contributed by atoms with Crippen molar-refractivity contribution in [2.75, 3.05) is 0 Å². The maximum Gasteiger partial charge on any atom is 1.00 e. The number of unbranched alkanes of at least 4 members (excludes halogenated alkanes) is 7. The van der Waals surface area contributed by atoms with Gasteiger partial charge in [-0.15, -0.1) is 0 Å². The van der Waals surface area contributed by atoms with Crippen molar-refractivity contribution in [2.45, 2.75) is 69.6 Å². The van der Waals surface area contributed by atoms with Crippen molar-refractivity contribution in [2.24, 2.45) is 0 Å². The second kappa shape index (κ2) is 13.3. The molecule has 0 aliphatic heterocycles. The molecule has 5 nitrogen and oxygen atoms in total. The molecule has 0 aromatic heterocycles. The predicted molar refractivity (Wildman–Crippen MR) is 109 cm³/mol. The minimum absolute atomic E-state index is 0. The summed E-state index contributed by atoms with van der Waals surface area (Å²) in [4.78, 5) is -0.266. The van der Waals surface area contributed by atoms with Gasteiger partial charge in [-0.25, -0.2) is 0 Å². The molecule has 2 aromatic rings. The van der Waals surface area contributed by atoms with Gasteiger partial charge in [-0.2, -0.15) is 8.42 Å². The Morgan fingerprint density at radius 1 is 0.931 bits per heavy atom. The van der Waals surface area contributed by atoms with Gasteiger partial charge < -0.3 is 9.84 Å². The fourth-order valence-corrected chi connectivity index (χ4v) is 3.65. The van der Waals surface area contributed by atoms with E-state index in [4.69, 9.17) is 4.74 Å². The standard InChI is InChI=1S/C22H30O5S.Na/c1-2-3-4-5-6-7-8-9-12-18-13-10-16-21(23)22(18)27-19-14-11-15-20(17-19)28(24,25)26;/h10-11,13-17,23H,2-9,12H2,1H3,(H,24,25,26);/q;+1/p-1. The Labute approximate surface area is 196 Å². The van der Waals surface area contributed by atoms with Crippen LogP contribution in [0.25, 0.3) is 0 Å². The molecule has 2 aromatic carbocycles. The first-order chi connectivity index (χ1) is 13.4. The molecule has 0 bridgehead atoms. The summed E-state index contributed by atoms with van der Waals surface area (Å²) in [5.74, 6) is 0.183. The van der Waals surface area contributed by atoms with Crippen molar-refractivity contribution in [3.8, 4) is 17.2 Å².